The molecule has 0 unspecified atom stereocenters. The van der Waals surface area contributed by atoms with Crippen LogP contribution in [0.15, 0.2) is 0 Å². The molecule has 0 fully saturated rings. The van der Waals surface area contributed by atoms with Crippen molar-refractivity contribution >= 4 is 58.3 Å². The number of carbonyl (C=O) groups excluding carboxylic acids is 1. The maximum atomic E-state index is 12.2. The predicted octanol–water partition coefficient (Wildman–Crippen LogP) is 5.59. The number of ether oxygens (including phenoxy) is 1. The Labute approximate surface area is 148 Å². The van der Waals surface area contributed by atoms with Crippen LogP contribution in [0.3, 0.4) is 0 Å². The van der Waals surface area contributed by atoms with Crippen LogP contribution in [0, 0.1) is 5.92 Å². The number of rotatable bonds is 6. The van der Waals surface area contributed by atoms with Gasteiger partial charge in [0.05, 0.1) is 37.8 Å². The van der Waals surface area contributed by atoms with Gasteiger partial charge in [0, 0.05) is 0 Å². The lowest BCUT2D eigenvalue weighted by Gasteiger charge is -2.15. The Kier molecular flexibility index (Phi) is 7.26. The van der Waals surface area contributed by atoms with E-state index < -0.39 is 23.1 Å². The smallest absolute Gasteiger partial charge is 0.340 e. The van der Waals surface area contributed by atoms with Crippen molar-refractivity contribution in [2.75, 3.05) is 6.61 Å². The molecule has 0 aliphatic heterocycles. The van der Waals surface area contributed by atoms with Crippen LogP contribution in [0.25, 0.3) is 0 Å². The summed E-state index contributed by atoms with van der Waals surface area (Å²) in [6.45, 7) is 4.06. The molecule has 1 aromatic carbocycles. The Bertz CT molecular complexity index is 601. The molecular formula is C14H14Cl4O4. The van der Waals surface area contributed by atoms with E-state index in [1.54, 1.807) is 0 Å². The van der Waals surface area contributed by atoms with Gasteiger partial charge in [-0.15, -0.1) is 0 Å². The molecule has 0 bridgehead atoms. The summed E-state index contributed by atoms with van der Waals surface area (Å²) in [6.07, 6.45) is 1.81. The number of carboxylic acids is 1. The lowest BCUT2D eigenvalue weighted by molar-refractivity contribution is 0.0436. The molecule has 22 heavy (non-hydrogen) atoms. The Morgan fingerprint density at radius 1 is 1.05 bits per heavy atom. The highest BCUT2D eigenvalue weighted by atomic mass is 35.5. The second kappa shape index (κ2) is 8.25. The van der Waals surface area contributed by atoms with Crippen LogP contribution in [0.5, 0.6) is 0 Å². The molecule has 0 heterocycles. The topological polar surface area (TPSA) is 63.6 Å². The number of carbonyl (C=O) groups is 2. The normalized spacial score (nSPS) is 12.1. The van der Waals surface area contributed by atoms with Gasteiger partial charge in [-0.1, -0.05) is 66.7 Å². The molecule has 0 saturated carbocycles. The highest BCUT2D eigenvalue weighted by Gasteiger charge is 2.29. The second-order valence-corrected chi connectivity index (χ2v) is 6.32. The highest BCUT2D eigenvalue weighted by molar-refractivity contribution is 6.54. The van der Waals surface area contributed by atoms with Crippen molar-refractivity contribution in [1.82, 2.24) is 0 Å². The van der Waals surface area contributed by atoms with E-state index in [2.05, 4.69) is 0 Å². The Morgan fingerprint density at radius 3 is 2.00 bits per heavy atom. The lowest BCUT2D eigenvalue weighted by atomic mass is 10.1. The van der Waals surface area contributed by atoms with Crippen LogP contribution in [0.1, 0.15) is 47.4 Å². The fourth-order valence-corrected chi connectivity index (χ4v) is 2.90. The van der Waals surface area contributed by atoms with Crippen molar-refractivity contribution in [2.45, 2.75) is 26.7 Å². The summed E-state index contributed by atoms with van der Waals surface area (Å²) in [5, 5.41) is 8.20. The van der Waals surface area contributed by atoms with Crippen LogP contribution in [0.4, 0.5) is 0 Å². The van der Waals surface area contributed by atoms with Gasteiger partial charge >= 0.3 is 11.9 Å². The van der Waals surface area contributed by atoms with E-state index in [1.165, 1.54) is 0 Å². The van der Waals surface area contributed by atoms with Gasteiger partial charge in [0.1, 0.15) is 0 Å². The Morgan fingerprint density at radius 2 is 1.55 bits per heavy atom. The molecule has 1 rings (SSSR count). The van der Waals surface area contributed by atoms with Crippen molar-refractivity contribution in [2.24, 2.45) is 5.92 Å². The minimum atomic E-state index is -1.45. The fraction of sp³-hybridized carbons (Fsp3) is 0.429. The largest absolute Gasteiger partial charge is 0.478 e. The van der Waals surface area contributed by atoms with Crippen LogP contribution in [0.2, 0.25) is 20.1 Å². The summed E-state index contributed by atoms with van der Waals surface area (Å²) < 4.78 is 5.12. The maximum absolute atomic E-state index is 12.2. The first kappa shape index (κ1) is 19.4. The van der Waals surface area contributed by atoms with Crippen molar-refractivity contribution in [3.8, 4) is 0 Å². The van der Waals surface area contributed by atoms with Gasteiger partial charge in [0.15, 0.2) is 0 Å². The average molecular weight is 388 g/mol. The van der Waals surface area contributed by atoms with Gasteiger partial charge in [0.2, 0.25) is 0 Å². The van der Waals surface area contributed by atoms with Crippen molar-refractivity contribution in [1.29, 1.82) is 0 Å². The van der Waals surface area contributed by atoms with Gasteiger partial charge < -0.3 is 9.84 Å². The quantitative estimate of drug-likeness (QED) is 0.392. The molecule has 8 heteroatoms. The average Bonchev–Trinajstić information content (AvgIpc) is 2.46. The van der Waals surface area contributed by atoms with Crippen LogP contribution in [-0.4, -0.2) is 23.7 Å². The molecule has 1 aromatic rings. The molecule has 0 amide bonds. The van der Waals surface area contributed by atoms with E-state index >= 15 is 0 Å². The summed E-state index contributed by atoms with van der Waals surface area (Å²) in [5.41, 5.74) is -0.911. The molecule has 0 spiro atoms. The minimum absolute atomic E-state index is 0.138. The van der Waals surface area contributed by atoms with E-state index in [1.807, 2.05) is 13.8 Å². The van der Waals surface area contributed by atoms with Crippen molar-refractivity contribution < 1.29 is 19.4 Å². The number of esters is 1. The van der Waals surface area contributed by atoms with Crippen LogP contribution < -0.4 is 0 Å². The van der Waals surface area contributed by atoms with E-state index in [0.29, 0.717) is 0 Å². The van der Waals surface area contributed by atoms with Crippen molar-refractivity contribution in [3.63, 3.8) is 0 Å². The van der Waals surface area contributed by atoms with E-state index in [4.69, 9.17) is 51.1 Å². The third-order valence-electron chi connectivity index (χ3n) is 2.97. The summed E-state index contributed by atoms with van der Waals surface area (Å²) >= 11 is 23.5. The molecule has 0 saturated heterocycles. The Balaban J connectivity index is 3.23. The van der Waals surface area contributed by atoms with Gasteiger partial charge in [-0.2, -0.15) is 0 Å². The lowest BCUT2D eigenvalue weighted by Crippen LogP contribution is -2.17. The number of aromatic carboxylic acids is 1. The third kappa shape index (κ3) is 4.19. The second-order valence-electron chi connectivity index (χ2n) is 4.80. The molecule has 4 nitrogen and oxygen atoms in total. The molecule has 122 valence electrons. The van der Waals surface area contributed by atoms with Gasteiger partial charge in [0.25, 0.3) is 0 Å². The first-order valence-corrected chi connectivity index (χ1v) is 7.99. The summed E-state index contributed by atoms with van der Waals surface area (Å²) in [5.74, 6) is -2.20. The number of hydrogen-bond acceptors (Lipinski definition) is 3. The Hall–Kier alpha value is -0.680. The molecule has 0 radical (unpaired) electrons. The first-order valence-electron chi connectivity index (χ1n) is 6.48. The number of benzene rings is 1. The highest BCUT2D eigenvalue weighted by Crippen LogP contribution is 2.41. The number of carboxylic acid groups (broad SMARTS) is 1. The summed E-state index contributed by atoms with van der Waals surface area (Å²) in [6, 6.07) is 0. The first-order chi connectivity index (χ1) is 10.2. The molecule has 0 aliphatic carbocycles. The van der Waals surface area contributed by atoms with Crippen molar-refractivity contribution in [3.05, 3.63) is 31.2 Å². The third-order valence-corrected chi connectivity index (χ3v) is 4.77. The maximum Gasteiger partial charge on any atom is 0.340 e. The summed E-state index contributed by atoms with van der Waals surface area (Å²) in [7, 11) is 0. The zero-order chi connectivity index (χ0) is 17.0. The SMILES string of the molecule is CCC[C@@H](C)COC(=O)c1c(Cl)c(Cl)c(Cl)c(Cl)c1C(=O)O. The fourth-order valence-electron chi connectivity index (χ4n) is 1.89. The monoisotopic (exact) mass is 386 g/mol. The molecular weight excluding hydrogens is 374 g/mol. The number of halogens is 4. The zero-order valence-corrected chi connectivity index (χ0v) is 14.9. The van der Waals surface area contributed by atoms with Gasteiger partial charge in [-0.25, -0.2) is 9.59 Å². The predicted molar refractivity (Wildman–Crippen MR) is 87.8 cm³/mol. The molecule has 0 aliphatic rings. The van der Waals surface area contributed by atoms with Gasteiger partial charge in [-0.05, 0) is 12.3 Å². The van der Waals surface area contributed by atoms with Gasteiger partial charge in [-0.3, -0.25) is 0 Å². The zero-order valence-electron chi connectivity index (χ0n) is 11.9. The summed E-state index contributed by atoms with van der Waals surface area (Å²) in [4.78, 5) is 23.5. The standard InChI is InChI=1S/C14H14Cl4O4/c1-3-4-6(2)5-22-14(21)8-7(13(19)20)9(15)11(17)12(18)10(8)16/h6H,3-5H2,1-2H3,(H,19,20)/t6-/m1/s1. The van der Waals surface area contributed by atoms with Crippen LogP contribution >= 0.6 is 46.4 Å². The van der Waals surface area contributed by atoms with Crippen LogP contribution in [-0.2, 0) is 4.74 Å². The van der Waals surface area contributed by atoms with E-state index in [9.17, 15) is 14.7 Å². The minimum Gasteiger partial charge on any atom is -0.478 e. The van der Waals surface area contributed by atoms with E-state index in [0.717, 1.165) is 12.8 Å². The molecule has 1 N–H and O–H groups in total. The molecule has 1 atom stereocenters. The van der Waals surface area contributed by atoms with E-state index in [-0.39, 0.29) is 32.6 Å². The molecule has 0 aromatic heterocycles. The number of hydrogen-bond donors (Lipinski definition) is 1.